The first-order valence-electron chi connectivity index (χ1n) is 10.5. The van der Waals surface area contributed by atoms with Crippen molar-refractivity contribution in [1.29, 1.82) is 0 Å². The van der Waals surface area contributed by atoms with E-state index >= 15 is 0 Å². The molecule has 1 atom stereocenters. The van der Waals surface area contributed by atoms with E-state index in [2.05, 4.69) is 5.32 Å². The predicted molar refractivity (Wildman–Crippen MR) is 128 cm³/mol. The second-order valence-electron chi connectivity index (χ2n) is 7.76. The maximum atomic E-state index is 13.6. The van der Waals surface area contributed by atoms with Crippen molar-refractivity contribution in [3.63, 3.8) is 0 Å². The summed E-state index contributed by atoms with van der Waals surface area (Å²) in [7, 11) is -2.91. The van der Waals surface area contributed by atoms with E-state index in [9.17, 15) is 27.7 Å². The van der Waals surface area contributed by atoms with E-state index in [1.165, 1.54) is 74.7 Å². The second-order valence-corrected chi connectivity index (χ2v) is 9.62. The number of ether oxygens (including phenoxy) is 1. The summed E-state index contributed by atoms with van der Waals surface area (Å²) in [5.41, 5.74) is 0.748. The molecule has 0 bridgehead atoms. The van der Waals surface area contributed by atoms with E-state index in [-0.39, 0.29) is 16.3 Å². The number of carbonyl (C=O) groups is 1. The molecular weight excluding hydrogens is 477 g/mol. The van der Waals surface area contributed by atoms with Crippen LogP contribution in [0.2, 0.25) is 0 Å². The van der Waals surface area contributed by atoms with Gasteiger partial charge in [0.25, 0.3) is 15.7 Å². The summed E-state index contributed by atoms with van der Waals surface area (Å²) in [4.78, 5) is 23.3. The molecule has 0 spiro atoms. The molecule has 0 fully saturated rings. The number of anilines is 1. The number of carbonyl (C=O) groups excluding carboxylic acids is 1. The van der Waals surface area contributed by atoms with Gasteiger partial charge in [0, 0.05) is 11.6 Å². The van der Waals surface area contributed by atoms with Gasteiger partial charge in [0.05, 0.1) is 28.7 Å². The molecule has 1 amide bonds. The van der Waals surface area contributed by atoms with Gasteiger partial charge >= 0.3 is 0 Å². The Morgan fingerprint density at radius 1 is 1.11 bits per heavy atom. The van der Waals surface area contributed by atoms with Gasteiger partial charge in [-0.1, -0.05) is 18.2 Å². The van der Waals surface area contributed by atoms with Gasteiger partial charge in [-0.25, -0.2) is 12.8 Å². The minimum atomic E-state index is -4.37. The first-order chi connectivity index (χ1) is 16.5. The van der Waals surface area contributed by atoms with Crippen molar-refractivity contribution >= 4 is 27.3 Å². The van der Waals surface area contributed by atoms with Crippen molar-refractivity contribution in [2.45, 2.75) is 24.8 Å². The highest BCUT2D eigenvalue weighted by Crippen LogP contribution is 2.29. The lowest BCUT2D eigenvalue weighted by molar-refractivity contribution is -0.385. The van der Waals surface area contributed by atoms with E-state index < -0.39 is 39.3 Å². The highest BCUT2D eigenvalue weighted by Gasteiger charge is 2.29. The van der Waals surface area contributed by atoms with Crippen LogP contribution >= 0.6 is 0 Å². The zero-order chi connectivity index (χ0) is 25.8. The predicted octanol–water partition coefficient (Wildman–Crippen LogP) is 4.12. The van der Waals surface area contributed by atoms with Gasteiger partial charge in [0.15, 0.2) is 0 Å². The third-order valence-electron chi connectivity index (χ3n) is 5.36. The van der Waals surface area contributed by atoms with Crippen LogP contribution in [0.1, 0.15) is 24.1 Å². The largest absolute Gasteiger partial charge is 0.497 e. The van der Waals surface area contributed by atoms with Crippen LogP contribution in [0.15, 0.2) is 71.6 Å². The number of aryl methyl sites for hydroxylation is 1. The second kappa shape index (κ2) is 10.5. The standard InChI is InChI=1S/C24H24FN3O6S/c1-16-4-13-22(14-23(16)28(30)31)35(32,33)27(20-9-11-21(34-3)12-10-20)15-24(29)26-17(2)18-5-7-19(25)8-6-18/h4-14,17H,15H2,1-3H3,(H,26,29)/t17-/m0/s1. The molecule has 0 saturated heterocycles. The highest BCUT2D eigenvalue weighted by molar-refractivity contribution is 7.92. The normalized spacial score (nSPS) is 12.0. The van der Waals surface area contributed by atoms with Gasteiger partial charge < -0.3 is 10.1 Å². The number of halogens is 1. The zero-order valence-electron chi connectivity index (χ0n) is 19.3. The van der Waals surface area contributed by atoms with Crippen molar-refractivity contribution < 1.29 is 27.3 Å². The topological polar surface area (TPSA) is 119 Å². The van der Waals surface area contributed by atoms with E-state index in [0.29, 0.717) is 16.9 Å². The van der Waals surface area contributed by atoms with Gasteiger partial charge in [-0.3, -0.25) is 19.2 Å². The Labute approximate surface area is 202 Å². The van der Waals surface area contributed by atoms with E-state index in [4.69, 9.17) is 4.74 Å². The van der Waals surface area contributed by atoms with Crippen LogP contribution in [0.3, 0.4) is 0 Å². The van der Waals surface area contributed by atoms with E-state index in [1.807, 2.05) is 0 Å². The molecule has 3 rings (SSSR count). The first-order valence-corrected chi connectivity index (χ1v) is 11.9. The van der Waals surface area contributed by atoms with Gasteiger partial charge in [-0.05, 0) is 61.9 Å². The molecule has 0 saturated carbocycles. The minimum Gasteiger partial charge on any atom is -0.497 e. The molecule has 9 nitrogen and oxygen atoms in total. The van der Waals surface area contributed by atoms with E-state index in [1.54, 1.807) is 6.92 Å². The summed E-state index contributed by atoms with van der Waals surface area (Å²) in [6.07, 6.45) is 0. The van der Waals surface area contributed by atoms with Crippen molar-refractivity contribution in [3.8, 4) is 5.75 Å². The summed E-state index contributed by atoms with van der Waals surface area (Å²) in [6.45, 7) is 2.59. The molecule has 0 aliphatic rings. The Kier molecular flexibility index (Phi) is 7.70. The van der Waals surface area contributed by atoms with Crippen molar-refractivity contribution in [2.75, 3.05) is 18.0 Å². The Bertz CT molecular complexity index is 1330. The number of nitrogens with one attached hydrogen (secondary N) is 1. The maximum Gasteiger partial charge on any atom is 0.273 e. The van der Waals surface area contributed by atoms with Gasteiger partial charge in [-0.15, -0.1) is 0 Å². The van der Waals surface area contributed by atoms with Crippen molar-refractivity contribution in [3.05, 3.63) is 93.8 Å². The quantitative estimate of drug-likeness (QED) is 0.348. The van der Waals surface area contributed by atoms with Crippen molar-refractivity contribution in [2.24, 2.45) is 0 Å². The maximum absolute atomic E-state index is 13.6. The SMILES string of the molecule is COc1ccc(N(CC(=O)N[C@@H](C)c2ccc(F)cc2)S(=O)(=O)c2ccc(C)c([N+](=O)[O-])c2)cc1. The molecule has 184 valence electrons. The van der Waals surface area contributed by atoms with Gasteiger partial charge in [-0.2, -0.15) is 0 Å². The zero-order valence-corrected chi connectivity index (χ0v) is 20.1. The number of nitrogens with zero attached hydrogens (tertiary/aromatic N) is 2. The van der Waals surface area contributed by atoms with Crippen LogP contribution in [0.4, 0.5) is 15.8 Å². The monoisotopic (exact) mass is 501 g/mol. The minimum absolute atomic E-state index is 0.165. The molecular formula is C24H24FN3O6S. The first kappa shape index (κ1) is 25.6. The molecule has 0 unspecified atom stereocenters. The molecule has 3 aromatic rings. The number of methoxy groups -OCH3 is 1. The van der Waals surface area contributed by atoms with Gasteiger partial charge in [0.1, 0.15) is 18.1 Å². The molecule has 0 heterocycles. The molecule has 0 aliphatic carbocycles. The summed E-state index contributed by atoms with van der Waals surface area (Å²) in [5, 5.41) is 14.1. The average molecular weight is 502 g/mol. The molecule has 35 heavy (non-hydrogen) atoms. The lowest BCUT2D eigenvalue weighted by Gasteiger charge is -2.25. The molecule has 1 N–H and O–H groups in total. The molecule has 0 aliphatic heterocycles. The fraction of sp³-hybridized carbons (Fsp3) is 0.208. The molecule has 3 aromatic carbocycles. The number of benzene rings is 3. The van der Waals surface area contributed by atoms with Crippen LogP contribution in [0.25, 0.3) is 0 Å². The van der Waals surface area contributed by atoms with Crippen molar-refractivity contribution in [1.82, 2.24) is 5.32 Å². The summed E-state index contributed by atoms with van der Waals surface area (Å²) in [6, 6.07) is 14.6. The number of sulfonamides is 1. The van der Waals surface area contributed by atoms with Crippen LogP contribution in [0, 0.1) is 22.9 Å². The number of hydrogen-bond acceptors (Lipinski definition) is 6. The Morgan fingerprint density at radius 2 is 1.74 bits per heavy atom. The fourth-order valence-corrected chi connectivity index (χ4v) is 4.83. The fourth-order valence-electron chi connectivity index (χ4n) is 3.39. The molecule has 11 heteroatoms. The Balaban J connectivity index is 1.96. The Morgan fingerprint density at radius 3 is 2.31 bits per heavy atom. The number of nitro groups is 1. The number of rotatable bonds is 9. The van der Waals surface area contributed by atoms with Crippen LogP contribution in [-0.4, -0.2) is 32.9 Å². The third-order valence-corrected chi connectivity index (χ3v) is 7.13. The third kappa shape index (κ3) is 5.93. The van der Waals surface area contributed by atoms with E-state index in [0.717, 1.165) is 10.4 Å². The summed E-state index contributed by atoms with van der Waals surface area (Å²) in [5.74, 6) is -0.564. The summed E-state index contributed by atoms with van der Waals surface area (Å²) >= 11 is 0. The molecule has 0 radical (unpaired) electrons. The van der Waals surface area contributed by atoms with Crippen LogP contribution in [0.5, 0.6) is 5.75 Å². The number of amides is 1. The molecule has 0 aromatic heterocycles. The lowest BCUT2D eigenvalue weighted by atomic mass is 10.1. The number of nitro benzene ring substituents is 1. The van der Waals surface area contributed by atoms with Gasteiger partial charge in [0.2, 0.25) is 5.91 Å². The van der Waals surface area contributed by atoms with Crippen LogP contribution in [-0.2, 0) is 14.8 Å². The average Bonchev–Trinajstić information content (AvgIpc) is 2.83. The highest BCUT2D eigenvalue weighted by atomic mass is 32.2. The van der Waals surface area contributed by atoms with Crippen LogP contribution < -0.4 is 14.4 Å². The lowest BCUT2D eigenvalue weighted by Crippen LogP contribution is -2.41. The summed E-state index contributed by atoms with van der Waals surface area (Å²) < 4.78 is 46.3. The smallest absolute Gasteiger partial charge is 0.273 e. The Hall–Kier alpha value is -3.99. The number of hydrogen-bond donors (Lipinski definition) is 1.